The van der Waals surface area contributed by atoms with Crippen molar-refractivity contribution in [1.82, 2.24) is 0 Å². The summed E-state index contributed by atoms with van der Waals surface area (Å²) in [5.41, 5.74) is 17.1. The smallest absolute Gasteiger partial charge is 0.0177 e. The first-order chi connectivity index (χ1) is 28.7. The number of hydrogen-bond acceptors (Lipinski definition) is 0. The van der Waals surface area contributed by atoms with Crippen molar-refractivity contribution >= 4 is 33.7 Å². The highest BCUT2D eigenvalue weighted by atomic mass is 14.1. The molecule has 0 spiro atoms. The van der Waals surface area contributed by atoms with Gasteiger partial charge >= 0.3 is 0 Å². The Balaban J connectivity index is 0.799. The van der Waals surface area contributed by atoms with Gasteiger partial charge in [0.15, 0.2) is 0 Å². The largest absolute Gasteiger partial charge is 0.0622 e. The van der Waals surface area contributed by atoms with Gasteiger partial charge in [0.2, 0.25) is 0 Å². The second-order valence-electron chi connectivity index (χ2n) is 15.0. The minimum absolute atomic E-state index is 1.19. The first-order valence-electron chi connectivity index (χ1n) is 20.0. The van der Waals surface area contributed by atoms with Crippen LogP contribution >= 0.6 is 0 Å². The van der Waals surface area contributed by atoms with Crippen LogP contribution in [0.15, 0.2) is 231 Å². The summed E-state index contributed by atoms with van der Waals surface area (Å²) in [5.74, 6) is 0. The monoisotopic (exact) mass is 736 g/mol. The highest BCUT2D eigenvalue weighted by Gasteiger charge is 2.06. The summed E-state index contributed by atoms with van der Waals surface area (Å²) in [5, 5.41) is 4.95. The third-order valence-electron chi connectivity index (χ3n) is 11.3. The van der Waals surface area contributed by atoms with E-state index in [1.807, 2.05) is 0 Å². The van der Waals surface area contributed by atoms with Crippen molar-refractivity contribution in [3.05, 3.63) is 242 Å². The van der Waals surface area contributed by atoms with E-state index >= 15 is 0 Å². The van der Waals surface area contributed by atoms with Crippen molar-refractivity contribution in [2.45, 2.75) is 0 Å². The summed E-state index contributed by atoms with van der Waals surface area (Å²) in [7, 11) is 0. The lowest BCUT2D eigenvalue weighted by Crippen LogP contribution is -1.83. The standard InChI is InChI=1S/C58H40/c1-3-7-43(8-4-1)45-17-21-47(22-18-45)49-25-29-51(30-26-49)55-35-33-53-37-41(13-15-57(53)39-55)11-12-42-14-16-58-40-56(36-34-54(58)38-42)52-31-27-50(28-32-52)48-23-19-46(20-24-48)44-9-5-2-6-10-44/h1-40H. The van der Waals surface area contributed by atoms with E-state index in [9.17, 15) is 0 Å². The van der Waals surface area contributed by atoms with Gasteiger partial charge in [-0.1, -0.05) is 218 Å². The molecule has 0 saturated heterocycles. The maximum absolute atomic E-state index is 2.29. The van der Waals surface area contributed by atoms with Crippen LogP contribution < -0.4 is 0 Å². The van der Waals surface area contributed by atoms with Crippen LogP contribution in [0.1, 0.15) is 11.1 Å². The molecule has 0 radical (unpaired) electrons. The van der Waals surface area contributed by atoms with Gasteiger partial charge in [0.05, 0.1) is 0 Å². The van der Waals surface area contributed by atoms with Gasteiger partial charge in [-0.25, -0.2) is 0 Å². The predicted octanol–water partition coefficient (Wildman–Crippen LogP) is 16.2. The summed E-state index contributed by atoms with van der Waals surface area (Å²) < 4.78 is 0. The molecule has 10 aromatic rings. The quantitative estimate of drug-likeness (QED) is 0.136. The van der Waals surface area contributed by atoms with E-state index in [4.69, 9.17) is 0 Å². The molecule has 0 bridgehead atoms. The van der Waals surface area contributed by atoms with E-state index in [-0.39, 0.29) is 0 Å². The van der Waals surface area contributed by atoms with Crippen molar-refractivity contribution in [2.24, 2.45) is 0 Å². The Morgan fingerprint density at radius 2 is 0.397 bits per heavy atom. The summed E-state index contributed by atoms with van der Waals surface area (Å²) in [6.07, 6.45) is 4.43. The summed E-state index contributed by atoms with van der Waals surface area (Å²) in [4.78, 5) is 0. The lowest BCUT2D eigenvalue weighted by atomic mass is 9.96. The second-order valence-corrected chi connectivity index (χ2v) is 15.0. The maximum Gasteiger partial charge on any atom is -0.0177 e. The molecule has 0 saturated carbocycles. The molecule has 0 N–H and O–H groups in total. The fourth-order valence-electron chi connectivity index (χ4n) is 7.97. The summed E-state index contributed by atoms with van der Waals surface area (Å²) in [6, 6.07) is 83.5. The molecule has 58 heavy (non-hydrogen) atoms. The zero-order valence-corrected chi connectivity index (χ0v) is 32.1. The molecule has 0 atom stereocenters. The van der Waals surface area contributed by atoms with E-state index < -0.39 is 0 Å². The Hall–Kier alpha value is -7.54. The minimum atomic E-state index is 1.19. The van der Waals surface area contributed by atoms with Gasteiger partial charge in [-0.3, -0.25) is 0 Å². The highest BCUT2D eigenvalue weighted by molar-refractivity contribution is 5.92. The molecule has 0 aliphatic carbocycles. The molecule has 0 aromatic heterocycles. The molecule has 0 nitrogen and oxygen atoms in total. The first-order valence-corrected chi connectivity index (χ1v) is 20.0. The van der Waals surface area contributed by atoms with Crippen molar-refractivity contribution in [1.29, 1.82) is 0 Å². The van der Waals surface area contributed by atoms with Crippen molar-refractivity contribution in [3.63, 3.8) is 0 Å². The van der Waals surface area contributed by atoms with Crippen molar-refractivity contribution in [2.75, 3.05) is 0 Å². The molecule has 0 fully saturated rings. The molecular weight excluding hydrogens is 697 g/mol. The van der Waals surface area contributed by atoms with Gasteiger partial charge in [0.25, 0.3) is 0 Å². The Labute approximate surface area is 340 Å². The molecule has 0 aliphatic rings. The van der Waals surface area contributed by atoms with Gasteiger partial charge in [-0.15, -0.1) is 0 Å². The number of rotatable bonds is 8. The van der Waals surface area contributed by atoms with Crippen LogP contribution in [0.5, 0.6) is 0 Å². The van der Waals surface area contributed by atoms with Gasteiger partial charge in [-0.2, -0.15) is 0 Å². The highest BCUT2D eigenvalue weighted by Crippen LogP contribution is 2.32. The fourth-order valence-corrected chi connectivity index (χ4v) is 7.97. The molecule has 10 rings (SSSR count). The Bertz CT molecular complexity index is 2810. The third-order valence-corrected chi connectivity index (χ3v) is 11.3. The Morgan fingerprint density at radius 1 is 0.172 bits per heavy atom. The lowest BCUT2D eigenvalue weighted by molar-refractivity contribution is 1.58. The zero-order chi connectivity index (χ0) is 38.7. The van der Waals surface area contributed by atoms with E-state index in [1.165, 1.54) is 99.4 Å². The van der Waals surface area contributed by atoms with E-state index in [0.29, 0.717) is 0 Å². The normalized spacial score (nSPS) is 11.4. The van der Waals surface area contributed by atoms with Crippen LogP contribution in [0.3, 0.4) is 0 Å². The minimum Gasteiger partial charge on any atom is -0.0622 e. The van der Waals surface area contributed by atoms with E-state index in [2.05, 4.69) is 243 Å². The molecule has 272 valence electrons. The number of benzene rings is 10. The molecule has 0 amide bonds. The molecule has 10 aromatic carbocycles. The maximum atomic E-state index is 2.29. The van der Waals surface area contributed by atoms with Gasteiger partial charge in [-0.05, 0) is 124 Å². The van der Waals surface area contributed by atoms with Gasteiger partial charge in [0, 0.05) is 0 Å². The lowest BCUT2D eigenvalue weighted by Gasteiger charge is -2.08. The molecule has 0 heterocycles. The van der Waals surface area contributed by atoms with Crippen LogP contribution in [-0.4, -0.2) is 0 Å². The van der Waals surface area contributed by atoms with Crippen LogP contribution in [0, 0.1) is 0 Å². The van der Waals surface area contributed by atoms with E-state index in [1.54, 1.807) is 0 Å². The van der Waals surface area contributed by atoms with Crippen molar-refractivity contribution < 1.29 is 0 Å². The molecule has 0 aliphatic heterocycles. The van der Waals surface area contributed by atoms with Crippen LogP contribution in [-0.2, 0) is 0 Å². The summed E-state index contributed by atoms with van der Waals surface area (Å²) in [6.45, 7) is 0. The van der Waals surface area contributed by atoms with E-state index in [0.717, 1.165) is 0 Å². The summed E-state index contributed by atoms with van der Waals surface area (Å²) >= 11 is 0. The second kappa shape index (κ2) is 15.5. The SMILES string of the molecule is C(=Cc1ccc2cc(-c3ccc(-c4ccc(-c5ccccc5)cc4)cc3)ccc2c1)c1ccc2cc(-c3ccc(-c4ccc(-c5ccccc5)cc4)cc3)ccc2c1. The topological polar surface area (TPSA) is 0 Å². The van der Waals surface area contributed by atoms with Gasteiger partial charge in [0.1, 0.15) is 0 Å². The Kier molecular flexibility index (Phi) is 9.35. The fraction of sp³-hybridized carbons (Fsp3) is 0. The molecule has 0 unspecified atom stereocenters. The number of fused-ring (bicyclic) bond motifs is 2. The zero-order valence-electron chi connectivity index (χ0n) is 32.1. The van der Waals surface area contributed by atoms with Crippen LogP contribution in [0.2, 0.25) is 0 Å². The third kappa shape index (κ3) is 7.40. The number of hydrogen-bond donors (Lipinski definition) is 0. The first kappa shape index (κ1) is 34.9. The Morgan fingerprint density at radius 3 is 0.707 bits per heavy atom. The average Bonchev–Trinajstić information content (AvgIpc) is 3.31. The van der Waals surface area contributed by atoms with Crippen molar-refractivity contribution in [3.8, 4) is 66.8 Å². The van der Waals surface area contributed by atoms with Crippen LogP contribution in [0.4, 0.5) is 0 Å². The molecule has 0 heteroatoms. The average molecular weight is 737 g/mol. The van der Waals surface area contributed by atoms with Crippen LogP contribution in [0.25, 0.3) is 100 Å². The molecular formula is C58H40. The predicted molar refractivity (Wildman–Crippen MR) is 249 cm³/mol. The van der Waals surface area contributed by atoms with Gasteiger partial charge < -0.3 is 0 Å².